The molecule has 1 unspecified atom stereocenters. The maximum atomic E-state index is 12.0. The number of thioether (sulfide) groups is 1. The zero-order valence-corrected chi connectivity index (χ0v) is 12.4. The monoisotopic (exact) mass is 286 g/mol. The van der Waals surface area contributed by atoms with Crippen LogP contribution in [0.1, 0.15) is 31.2 Å². The van der Waals surface area contributed by atoms with E-state index in [9.17, 15) is 4.79 Å². The third kappa shape index (κ3) is 2.80. The van der Waals surface area contributed by atoms with Gasteiger partial charge < -0.3 is 0 Å². The minimum atomic E-state index is 0.0784. The van der Waals surface area contributed by atoms with Crippen molar-refractivity contribution in [3.05, 3.63) is 42.2 Å². The molecule has 0 spiro atoms. The predicted molar refractivity (Wildman–Crippen MR) is 81.4 cm³/mol. The highest BCUT2D eigenvalue weighted by Crippen LogP contribution is 2.31. The van der Waals surface area contributed by atoms with Crippen LogP contribution in [0.4, 0.5) is 0 Å². The highest BCUT2D eigenvalue weighted by atomic mass is 32.2. The van der Waals surface area contributed by atoms with Crippen molar-refractivity contribution in [3.63, 3.8) is 0 Å². The van der Waals surface area contributed by atoms with Gasteiger partial charge in [0.1, 0.15) is 5.78 Å². The Labute approximate surface area is 123 Å². The molecule has 1 saturated carbocycles. The summed E-state index contributed by atoms with van der Waals surface area (Å²) in [5, 5.41) is 0.991. The van der Waals surface area contributed by atoms with Crippen LogP contribution in [0.3, 0.4) is 0 Å². The molecule has 0 bridgehead atoms. The predicted octanol–water partition coefficient (Wildman–Crippen LogP) is 3.78. The second-order valence-corrected chi connectivity index (χ2v) is 6.41. The number of carbonyl (C=O) groups excluding carboxylic acids is 1. The zero-order valence-electron chi connectivity index (χ0n) is 11.6. The lowest BCUT2D eigenvalue weighted by Gasteiger charge is -2.19. The fourth-order valence-corrected chi connectivity index (χ4v) is 3.74. The molecule has 0 saturated heterocycles. The number of nitrogens with zero attached hydrogens (tertiary/aromatic N) is 2. The van der Waals surface area contributed by atoms with Crippen molar-refractivity contribution in [3.8, 4) is 5.69 Å². The minimum Gasteiger partial charge on any atom is -0.298 e. The molecule has 0 N–H and O–H groups in total. The highest BCUT2D eigenvalue weighted by molar-refractivity contribution is 8.00. The molecule has 4 heteroatoms. The van der Waals surface area contributed by atoms with Crippen molar-refractivity contribution in [2.24, 2.45) is 0 Å². The van der Waals surface area contributed by atoms with Crippen LogP contribution >= 0.6 is 11.8 Å². The van der Waals surface area contributed by atoms with E-state index in [0.29, 0.717) is 5.78 Å². The van der Waals surface area contributed by atoms with Crippen molar-refractivity contribution < 1.29 is 4.79 Å². The second-order valence-electron chi connectivity index (χ2n) is 5.24. The lowest BCUT2D eigenvalue weighted by molar-refractivity contribution is -0.119. The van der Waals surface area contributed by atoms with Gasteiger partial charge in [0.15, 0.2) is 5.16 Å². The number of Topliss-reactive ketones (excluding diaryl/α,β-unsaturated/α-hetero) is 1. The molecule has 1 fully saturated rings. The van der Waals surface area contributed by atoms with E-state index in [1.165, 1.54) is 5.56 Å². The summed E-state index contributed by atoms with van der Waals surface area (Å²) < 4.78 is 2.07. The summed E-state index contributed by atoms with van der Waals surface area (Å²) in [6, 6.07) is 8.33. The van der Waals surface area contributed by atoms with Crippen LogP contribution in [-0.4, -0.2) is 20.6 Å². The van der Waals surface area contributed by atoms with Crippen molar-refractivity contribution in [1.82, 2.24) is 9.55 Å². The van der Waals surface area contributed by atoms with Crippen LogP contribution in [-0.2, 0) is 4.79 Å². The zero-order chi connectivity index (χ0) is 13.9. The minimum absolute atomic E-state index is 0.0784. The van der Waals surface area contributed by atoms with Crippen LogP contribution < -0.4 is 0 Å². The number of ketones is 1. The second kappa shape index (κ2) is 5.83. The van der Waals surface area contributed by atoms with Crippen LogP contribution in [0.2, 0.25) is 0 Å². The number of aromatic nitrogens is 2. The topological polar surface area (TPSA) is 34.9 Å². The van der Waals surface area contributed by atoms with Crippen molar-refractivity contribution in [1.29, 1.82) is 0 Å². The van der Waals surface area contributed by atoms with Crippen molar-refractivity contribution >= 4 is 17.5 Å². The SMILES string of the molecule is Cc1cccc(-n2ccnc2SC2CCCCC2=O)c1. The van der Waals surface area contributed by atoms with E-state index >= 15 is 0 Å². The molecule has 1 atom stereocenters. The van der Waals surface area contributed by atoms with Gasteiger partial charge in [-0.1, -0.05) is 30.3 Å². The quantitative estimate of drug-likeness (QED) is 0.861. The third-order valence-electron chi connectivity index (χ3n) is 3.63. The van der Waals surface area contributed by atoms with Gasteiger partial charge in [0.05, 0.1) is 5.25 Å². The van der Waals surface area contributed by atoms with E-state index in [2.05, 4.69) is 34.7 Å². The first-order valence-corrected chi connectivity index (χ1v) is 7.92. The Kier molecular flexibility index (Phi) is 3.92. The van der Waals surface area contributed by atoms with E-state index in [1.807, 2.05) is 12.3 Å². The van der Waals surface area contributed by atoms with Crippen LogP contribution in [0.25, 0.3) is 5.69 Å². The summed E-state index contributed by atoms with van der Waals surface area (Å²) in [4.78, 5) is 16.4. The molecule has 1 aromatic heterocycles. The summed E-state index contributed by atoms with van der Waals surface area (Å²) in [7, 11) is 0. The van der Waals surface area contributed by atoms with Gasteiger partial charge in [-0.2, -0.15) is 0 Å². The molecule has 3 rings (SSSR count). The van der Waals surface area contributed by atoms with E-state index in [4.69, 9.17) is 0 Å². The molecule has 0 radical (unpaired) electrons. The van der Waals surface area contributed by atoms with Gasteiger partial charge in [0.25, 0.3) is 0 Å². The fourth-order valence-electron chi connectivity index (χ4n) is 2.55. The van der Waals surface area contributed by atoms with E-state index < -0.39 is 0 Å². The van der Waals surface area contributed by atoms with E-state index in [-0.39, 0.29) is 5.25 Å². The lowest BCUT2D eigenvalue weighted by Crippen LogP contribution is -2.21. The van der Waals surface area contributed by atoms with Gasteiger partial charge in [-0.25, -0.2) is 4.98 Å². The van der Waals surface area contributed by atoms with Gasteiger partial charge in [0.2, 0.25) is 0 Å². The largest absolute Gasteiger partial charge is 0.298 e. The Morgan fingerprint density at radius 2 is 2.25 bits per heavy atom. The molecular weight excluding hydrogens is 268 g/mol. The van der Waals surface area contributed by atoms with Gasteiger partial charge in [0, 0.05) is 24.5 Å². The maximum Gasteiger partial charge on any atom is 0.173 e. The molecule has 104 valence electrons. The Morgan fingerprint density at radius 3 is 3.05 bits per heavy atom. The van der Waals surface area contributed by atoms with Crippen LogP contribution in [0.15, 0.2) is 41.8 Å². The summed E-state index contributed by atoms with van der Waals surface area (Å²) in [5.74, 6) is 0.375. The lowest BCUT2D eigenvalue weighted by atomic mass is 9.99. The molecule has 20 heavy (non-hydrogen) atoms. The van der Waals surface area contributed by atoms with Crippen LogP contribution in [0, 0.1) is 6.92 Å². The summed E-state index contributed by atoms with van der Waals surface area (Å²) in [6.45, 7) is 2.08. The number of carbonyl (C=O) groups is 1. The number of imidazole rings is 1. The number of aryl methyl sites for hydroxylation is 1. The Morgan fingerprint density at radius 1 is 1.35 bits per heavy atom. The molecule has 1 heterocycles. The number of benzene rings is 1. The maximum absolute atomic E-state index is 12.0. The van der Waals surface area contributed by atoms with Crippen LogP contribution in [0.5, 0.6) is 0 Å². The van der Waals surface area contributed by atoms with Crippen molar-refractivity contribution in [2.45, 2.75) is 43.0 Å². The Balaban J connectivity index is 1.85. The molecule has 1 aromatic carbocycles. The molecule has 1 aliphatic rings. The van der Waals surface area contributed by atoms with E-state index in [0.717, 1.165) is 36.5 Å². The average molecular weight is 286 g/mol. The third-order valence-corrected chi connectivity index (χ3v) is 4.93. The first-order valence-electron chi connectivity index (χ1n) is 7.04. The molecule has 0 amide bonds. The Hall–Kier alpha value is -1.55. The van der Waals surface area contributed by atoms with Gasteiger partial charge in [-0.3, -0.25) is 9.36 Å². The highest BCUT2D eigenvalue weighted by Gasteiger charge is 2.24. The molecule has 2 aromatic rings. The molecule has 3 nitrogen and oxygen atoms in total. The number of hydrogen-bond donors (Lipinski definition) is 0. The van der Waals surface area contributed by atoms with Crippen molar-refractivity contribution in [2.75, 3.05) is 0 Å². The summed E-state index contributed by atoms with van der Waals surface area (Å²) in [6.07, 6.45) is 7.66. The van der Waals surface area contributed by atoms with Gasteiger partial charge >= 0.3 is 0 Å². The molecule has 1 aliphatic carbocycles. The fraction of sp³-hybridized carbons (Fsp3) is 0.375. The Bertz CT molecular complexity index is 620. The average Bonchev–Trinajstić information content (AvgIpc) is 2.90. The van der Waals surface area contributed by atoms with Gasteiger partial charge in [-0.05, 0) is 37.5 Å². The first-order chi connectivity index (χ1) is 9.74. The first kappa shape index (κ1) is 13.4. The molecule has 0 aliphatic heterocycles. The number of rotatable bonds is 3. The number of hydrogen-bond acceptors (Lipinski definition) is 3. The summed E-state index contributed by atoms with van der Waals surface area (Å²) >= 11 is 1.61. The van der Waals surface area contributed by atoms with Gasteiger partial charge in [-0.15, -0.1) is 0 Å². The molecular formula is C16H18N2OS. The van der Waals surface area contributed by atoms with E-state index in [1.54, 1.807) is 18.0 Å². The summed E-state index contributed by atoms with van der Waals surface area (Å²) in [5.41, 5.74) is 2.33. The standard InChI is InChI=1S/C16H18N2OS/c1-12-5-4-6-13(11-12)18-10-9-17-16(18)20-15-8-3-2-7-14(15)19/h4-6,9-11,15H,2-3,7-8H2,1H3. The smallest absolute Gasteiger partial charge is 0.173 e. The normalized spacial score (nSPS) is 19.2.